The Labute approximate surface area is 112 Å². The second kappa shape index (κ2) is 4.79. The molecule has 19 heavy (non-hydrogen) atoms. The van der Waals surface area contributed by atoms with Crippen molar-refractivity contribution in [2.45, 2.75) is 25.7 Å². The van der Waals surface area contributed by atoms with E-state index >= 15 is 0 Å². The van der Waals surface area contributed by atoms with Gasteiger partial charge in [0.05, 0.1) is 6.61 Å². The lowest BCUT2D eigenvalue weighted by molar-refractivity contribution is -0.141. The van der Waals surface area contributed by atoms with Crippen LogP contribution in [0.25, 0.3) is 10.9 Å². The normalized spacial score (nSPS) is 21.7. The van der Waals surface area contributed by atoms with Crippen LogP contribution in [0.1, 0.15) is 13.8 Å². The monoisotopic (exact) mass is 259 g/mol. The molecule has 1 aliphatic rings. The smallest absolute Gasteiger partial charge is 0.163 e. The van der Waals surface area contributed by atoms with Crippen LogP contribution < -0.4 is 4.74 Å². The molecule has 1 atom stereocenters. The average Bonchev–Trinajstić information content (AvgIpc) is 2.76. The molecule has 1 aromatic carbocycles. The molecular formula is C15H17NO3. The lowest BCUT2D eigenvalue weighted by Crippen LogP contribution is -2.25. The highest BCUT2D eigenvalue weighted by Crippen LogP contribution is 2.26. The third-order valence-electron chi connectivity index (χ3n) is 3.09. The third-order valence-corrected chi connectivity index (χ3v) is 3.09. The summed E-state index contributed by atoms with van der Waals surface area (Å²) in [4.78, 5) is 4.36. The van der Waals surface area contributed by atoms with E-state index in [0.29, 0.717) is 13.2 Å². The molecule has 100 valence electrons. The number of benzene rings is 1. The van der Waals surface area contributed by atoms with Crippen LogP contribution in [0, 0.1) is 0 Å². The Bertz CT molecular complexity index is 577. The molecule has 1 aliphatic heterocycles. The summed E-state index contributed by atoms with van der Waals surface area (Å²) in [5.41, 5.74) is 0.878. The van der Waals surface area contributed by atoms with Crippen LogP contribution in [-0.4, -0.2) is 30.1 Å². The molecule has 0 aliphatic carbocycles. The minimum atomic E-state index is -0.509. The maximum Gasteiger partial charge on any atom is 0.163 e. The summed E-state index contributed by atoms with van der Waals surface area (Å²) >= 11 is 0. The molecule has 2 aromatic rings. The summed E-state index contributed by atoms with van der Waals surface area (Å²) in [5, 5.41) is 1.07. The minimum absolute atomic E-state index is 0.0334. The molecule has 0 amide bonds. The standard InChI is InChI=1S/C15H17NO3/c1-15(2)18-10-12(19-15)9-17-13-7-3-5-11-6-4-8-16-14(11)13/h3-8,12H,9-10H2,1-2H3/t12-/m1/s1. The minimum Gasteiger partial charge on any atom is -0.488 e. The van der Waals surface area contributed by atoms with Gasteiger partial charge in [-0.15, -0.1) is 0 Å². The number of rotatable bonds is 3. The van der Waals surface area contributed by atoms with Gasteiger partial charge in [0, 0.05) is 11.6 Å². The second-order valence-electron chi connectivity index (χ2n) is 5.09. The van der Waals surface area contributed by atoms with E-state index in [1.807, 2.05) is 44.2 Å². The Morgan fingerprint density at radius 3 is 2.95 bits per heavy atom. The predicted molar refractivity (Wildman–Crippen MR) is 72.1 cm³/mol. The molecule has 1 saturated heterocycles. The van der Waals surface area contributed by atoms with Crippen molar-refractivity contribution < 1.29 is 14.2 Å². The number of hydrogen-bond donors (Lipinski definition) is 0. The molecule has 4 nitrogen and oxygen atoms in total. The van der Waals surface area contributed by atoms with Crippen molar-refractivity contribution in [3.63, 3.8) is 0 Å². The average molecular weight is 259 g/mol. The molecule has 3 rings (SSSR count). The van der Waals surface area contributed by atoms with Crippen molar-refractivity contribution in [1.82, 2.24) is 4.98 Å². The molecule has 4 heteroatoms. The highest BCUT2D eigenvalue weighted by molar-refractivity contribution is 5.84. The maximum atomic E-state index is 5.83. The quantitative estimate of drug-likeness (QED) is 0.849. The van der Waals surface area contributed by atoms with Gasteiger partial charge >= 0.3 is 0 Å². The van der Waals surface area contributed by atoms with E-state index in [1.54, 1.807) is 6.20 Å². The summed E-state index contributed by atoms with van der Waals surface area (Å²) in [5.74, 6) is 0.275. The lowest BCUT2D eigenvalue weighted by Gasteiger charge is -2.17. The van der Waals surface area contributed by atoms with Crippen molar-refractivity contribution in [3.05, 3.63) is 36.5 Å². The Hall–Kier alpha value is -1.65. The molecule has 0 N–H and O–H groups in total. The highest BCUT2D eigenvalue weighted by atomic mass is 16.7. The van der Waals surface area contributed by atoms with Crippen LogP contribution >= 0.6 is 0 Å². The van der Waals surface area contributed by atoms with E-state index < -0.39 is 5.79 Å². The first-order valence-corrected chi connectivity index (χ1v) is 6.42. The topological polar surface area (TPSA) is 40.6 Å². The molecule has 0 spiro atoms. The molecule has 0 bridgehead atoms. The van der Waals surface area contributed by atoms with Gasteiger partial charge in [-0.2, -0.15) is 0 Å². The van der Waals surface area contributed by atoms with Gasteiger partial charge in [0.1, 0.15) is 24.0 Å². The van der Waals surface area contributed by atoms with Gasteiger partial charge < -0.3 is 14.2 Å². The first kappa shape index (κ1) is 12.4. The number of aromatic nitrogens is 1. The molecule has 0 saturated carbocycles. The van der Waals surface area contributed by atoms with Gasteiger partial charge in [0.15, 0.2) is 5.79 Å². The van der Waals surface area contributed by atoms with Crippen molar-refractivity contribution in [2.24, 2.45) is 0 Å². The summed E-state index contributed by atoms with van der Waals surface area (Å²) in [6.07, 6.45) is 1.74. The van der Waals surface area contributed by atoms with Crippen molar-refractivity contribution >= 4 is 10.9 Å². The molecule has 0 radical (unpaired) electrons. The van der Waals surface area contributed by atoms with E-state index in [9.17, 15) is 0 Å². The van der Waals surface area contributed by atoms with E-state index in [4.69, 9.17) is 14.2 Å². The van der Waals surface area contributed by atoms with Gasteiger partial charge in [0.25, 0.3) is 0 Å². The van der Waals surface area contributed by atoms with Crippen LogP contribution in [0.2, 0.25) is 0 Å². The van der Waals surface area contributed by atoms with Crippen molar-refractivity contribution in [2.75, 3.05) is 13.2 Å². The van der Waals surface area contributed by atoms with Crippen LogP contribution in [0.15, 0.2) is 36.5 Å². The molecule has 0 unspecified atom stereocenters. The molecule has 1 fully saturated rings. The Kier molecular flexibility index (Phi) is 3.12. The second-order valence-corrected chi connectivity index (χ2v) is 5.09. The summed E-state index contributed by atoms with van der Waals surface area (Å²) in [7, 11) is 0. The van der Waals surface area contributed by atoms with E-state index in [0.717, 1.165) is 16.7 Å². The van der Waals surface area contributed by atoms with Crippen LogP contribution in [0.4, 0.5) is 0 Å². The zero-order valence-corrected chi connectivity index (χ0v) is 11.1. The fourth-order valence-electron chi connectivity index (χ4n) is 2.22. The third kappa shape index (κ3) is 2.69. The van der Waals surface area contributed by atoms with Crippen LogP contribution in [0.3, 0.4) is 0 Å². The first-order valence-electron chi connectivity index (χ1n) is 6.42. The van der Waals surface area contributed by atoms with E-state index in [-0.39, 0.29) is 6.10 Å². The van der Waals surface area contributed by atoms with Crippen LogP contribution in [0.5, 0.6) is 5.75 Å². The predicted octanol–water partition coefficient (Wildman–Crippen LogP) is 2.77. The number of ether oxygens (including phenoxy) is 3. The van der Waals surface area contributed by atoms with E-state index in [2.05, 4.69) is 4.98 Å². The zero-order chi connectivity index (χ0) is 13.3. The van der Waals surface area contributed by atoms with Crippen LogP contribution in [-0.2, 0) is 9.47 Å². The first-order chi connectivity index (χ1) is 9.14. The largest absolute Gasteiger partial charge is 0.488 e. The highest BCUT2D eigenvalue weighted by Gasteiger charge is 2.33. The fraction of sp³-hybridized carbons (Fsp3) is 0.400. The number of pyridine rings is 1. The SMILES string of the molecule is CC1(C)OC[C@@H](COc2cccc3cccnc23)O1. The summed E-state index contributed by atoms with van der Waals surface area (Å²) in [6, 6.07) is 9.86. The van der Waals surface area contributed by atoms with Gasteiger partial charge in [0.2, 0.25) is 0 Å². The number of fused-ring (bicyclic) bond motifs is 1. The Morgan fingerprint density at radius 2 is 2.16 bits per heavy atom. The molecule has 1 aromatic heterocycles. The van der Waals surface area contributed by atoms with E-state index in [1.165, 1.54) is 0 Å². The lowest BCUT2D eigenvalue weighted by atomic mass is 10.2. The van der Waals surface area contributed by atoms with Gasteiger partial charge in [-0.1, -0.05) is 18.2 Å². The zero-order valence-electron chi connectivity index (χ0n) is 11.1. The Morgan fingerprint density at radius 1 is 1.32 bits per heavy atom. The number of para-hydroxylation sites is 1. The van der Waals surface area contributed by atoms with Crippen molar-refractivity contribution in [1.29, 1.82) is 0 Å². The van der Waals surface area contributed by atoms with Gasteiger partial charge in [-0.25, -0.2) is 0 Å². The summed E-state index contributed by atoms with van der Waals surface area (Å²) in [6.45, 7) is 4.85. The molecular weight excluding hydrogens is 242 g/mol. The number of hydrogen-bond acceptors (Lipinski definition) is 4. The van der Waals surface area contributed by atoms with Gasteiger partial charge in [-0.05, 0) is 26.0 Å². The summed E-state index contributed by atoms with van der Waals surface area (Å²) < 4.78 is 17.1. The van der Waals surface area contributed by atoms with Gasteiger partial charge in [-0.3, -0.25) is 4.98 Å². The number of nitrogens with zero attached hydrogens (tertiary/aromatic N) is 1. The fourth-order valence-corrected chi connectivity index (χ4v) is 2.22. The maximum absolute atomic E-state index is 5.83. The Balaban J connectivity index is 1.72. The molecule has 2 heterocycles. The van der Waals surface area contributed by atoms with Crippen molar-refractivity contribution in [3.8, 4) is 5.75 Å².